The van der Waals surface area contributed by atoms with E-state index in [1.54, 1.807) is 0 Å². The number of ether oxygens (including phenoxy) is 1. The molecule has 1 rings (SSSR count). The van der Waals surface area contributed by atoms with Gasteiger partial charge in [-0.25, -0.2) is 0 Å². The number of anilines is 1. The van der Waals surface area contributed by atoms with Crippen LogP contribution in [0.15, 0.2) is 6.07 Å². The first-order valence-electron chi connectivity index (χ1n) is 3.88. The zero-order chi connectivity index (χ0) is 12.5. The second-order valence-corrected chi connectivity index (χ2v) is 2.72. The molecule has 0 fully saturated rings. The van der Waals surface area contributed by atoms with Gasteiger partial charge < -0.3 is 15.6 Å². The molecule has 0 aliphatic carbocycles. The molecule has 0 saturated carbocycles. The molecule has 0 radical (unpaired) electrons. The minimum atomic E-state index is -1.01. The number of rotatable bonds is 3. The predicted octanol–water partition coefficient (Wildman–Crippen LogP) is 0.799. The van der Waals surface area contributed by atoms with Crippen molar-refractivity contribution in [2.24, 2.45) is 0 Å². The van der Waals surface area contributed by atoms with Crippen molar-refractivity contribution in [2.45, 2.75) is 0 Å². The lowest BCUT2D eigenvalue weighted by atomic mass is 10.2. The van der Waals surface area contributed by atoms with Gasteiger partial charge in [0.05, 0.1) is 23.0 Å². The van der Waals surface area contributed by atoms with E-state index in [-0.39, 0.29) is 5.75 Å². The summed E-state index contributed by atoms with van der Waals surface area (Å²) >= 11 is 0. The number of aromatic hydroxyl groups is 1. The molecular formula is C7H7N3O6. The van der Waals surface area contributed by atoms with Crippen LogP contribution in [0.25, 0.3) is 0 Å². The largest absolute Gasteiger partial charge is 0.499 e. The Kier molecular flexibility index (Phi) is 2.79. The van der Waals surface area contributed by atoms with E-state index in [0.717, 1.165) is 13.2 Å². The minimum absolute atomic E-state index is 0.382. The van der Waals surface area contributed by atoms with Crippen molar-refractivity contribution in [1.29, 1.82) is 0 Å². The van der Waals surface area contributed by atoms with Gasteiger partial charge >= 0.3 is 11.4 Å². The molecular weight excluding hydrogens is 222 g/mol. The highest BCUT2D eigenvalue weighted by Gasteiger charge is 2.30. The summed E-state index contributed by atoms with van der Waals surface area (Å²) in [6.45, 7) is 0. The third kappa shape index (κ3) is 1.65. The summed E-state index contributed by atoms with van der Waals surface area (Å²) in [6, 6.07) is 0.817. The van der Waals surface area contributed by atoms with Crippen molar-refractivity contribution in [3.05, 3.63) is 26.3 Å². The van der Waals surface area contributed by atoms with Gasteiger partial charge in [-0.3, -0.25) is 20.2 Å². The normalized spacial score (nSPS) is 9.81. The van der Waals surface area contributed by atoms with E-state index in [4.69, 9.17) is 5.73 Å². The molecule has 0 aromatic heterocycles. The highest BCUT2D eigenvalue weighted by Crippen LogP contribution is 2.45. The number of methoxy groups -OCH3 is 1. The number of nitro groups is 2. The average molecular weight is 229 g/mol. The third-order valence-electron chi connectivity index (χ3n) is 1.86. The van der Waals surface area contributed by atoms with Gasteiger partial charge in [0.25, 0.3) is 0 Å². The molecule has 0 bridgehead atoms. The highest BCUT2D eigenvalue weighted by atomic mass is 16.6. The summed E-state index contributed by atoms with van der Waals surface area (Å²) < 4.78 is 4.57. The zero-order valence-electron chi connectivity index (χ0n) is 8.04. The van der Waals surface area contributed by atoms with Crippen molar-refractivity contribution >= 4 is 17.1 Å². The fraction of sp³-hybridized carbons (Fsp3) is 0.143. The number of nitro benzene ring substituents is 2. The van der Waals surface area contributed by atoms with Gasteiger partial charge in [-0.2, -0.15) is 0 Å². The standard InChI is InChI=1S/C7H7N3O6/c1-16-4-2-3(9(12)13)5(8)6(7(4)11)10(14)15/h2,11H,8H2,1H3. The fourth-order valence-corrected chi connectivity index (χ4v) is 1.13. The van der Waals surface area contributed by atoms with Gasteiger partial charge in [0, 0.05) is 0 Å². The molecule has 0 aliphatic rings. The molecule has 9 heteroatoms. The molecule has 1 aromatic carbocycles. The second kappa shape index (κ2) is 3.88. The number of phenols is 1. The quantitative estimate of drug-likeness (QED) is 0.443. The monoisotopic (exact) mass is 229 g/mol. The van der Waals surface area contributed by atoms with Crippen molar-refractivity contribution in [3.8, 4) is 11.5 Å². The molecule has 0 spiro atoms. The lowest BCUT2D eigenvalue weighted by Gasteiger charge is -2.05. The van der Waals surface area contributed by atoms with Gasteiger partial charge in [0.15, 0.2) is 11.4 Å². The first-order valence-corrected chi connectivity index (χ1v) is 3.88. The second-order valence-electron chi connectivity index (χ2n) is 2.72. The Morgan fingerprint density at radius 1 is 1.38 bits per heavy atom. The van der Waals surface area contributed by atoms with Crippen molar-refractivity contribution in [1.82, 2.24) is 0 Å². The zero-order valence-corrected chi connectivity index (χ0v) is 8.04. The Balaban J connectivity index is 3.64. The molecule has 9 nitrogen and oxygen atoms in total. The fourth-order valence-electron chi connectivity index (χ4n) is 1.13. The van der Waals surface area contributed by atoms with Gasteiger partial charge in [-0.1, -0.05) is 0 Å². The number of phenolic OH excluding ortho intramolecular Hbond substituents is 1. The summed E-state index contributed by atoms with van der Waals surface area (Å²) in [5, 5.41) is 30.5. The predicted molar refractivity (Wildman–Crippen MR) is 52.4 cm³/mol. The molecule has 0 saturated heterocycles. The van der Waals surface area contributed by atoms with Crippen LogP contribution < -0.4 is 10.5 Å². The maximum atomic E-state index is 10.6. The van der Waals surface area contributed by atoms with E-state index >= 15 is 0 Å². The maximum Gasteiger partial charge on any atom is 0.344 e. The van der Waals surface area contributed by atoms with Gasteiger partial charge in [-0.05, 0) is 0 Å². The van der Waals surface area contributed by atoms with Crippen LogP contribution in [0, 0.1) is 20.2 Å². The van der Waals surface area contributed by atoms with Crippen LogP contribution in [0.5, 0.6) is 11.5 Å². The summed E-state index contributed by atoms with van der Waals surface area (Å²) in [6.07, 6.45) is 0. The Bertz CT molecular complexity index is 472. The van der Waals surface area contributed by atoms with E-state index in [0.29, 0.717) is 0 Å². The summed E-state index contributed by atoms with van der Waals surface area (Å²) in [5.74, 6) is -1.22. The van der Waals surface area contributed by atoms with Crippen molar-refractivity contribution in [2.75, 3.05) is 12.8 Å². The van der Waals surface area contributed by atoms with Crippen LogP contribution in [-0.2, 0) is 0 Å². The molecule has 3 N–H and O–H groups in total. The molecule has 1 aromatic rings. The molecule has 0 aliphatic heterocycles. The summed E-state index contributed by atoms with van der Waals surface area (Å²) in [4.78, 5) is 19.2. The number of benzene rings is 1. The first kappa shape index (κ1) is 11.5. The Labute approximate surface area is 88.3 Å². The first-order chi connectivity index (χ1) is 7.40. The van der Waals surface area contributed by atoms with Crippen molar-refractivity contribution in [3.63, 3.8) is 0 Å². The van der Waals surface area contributed by atoms with Crippen LogP contribution in [0.4, 0.5) is 17.1 Å². The lowest BCUT2D eigenvalue weighted by Crippen LogP contribution is -2.02. The van der Waals surface area contributed by atoms with Crippen LogP contribution in [0.3, 0.4) is 0 Å². The van der Waals surface area contributed by atoms with Crippen LogP contribution >= 0.6 is 0 Å². The molecule has 86 valence electrons. The number of nitrogens with two attached hydrogens (primary N) is 1. The number of hydrogen-bond acceptors (Lipinski definition) is 7. The topological polar surface area (TPSA) is 142 Å². The van der Waals surface area contributed by atoms with E-state index in [1.807, 2.05) is 0 Å². The van der Waals surface area contributed by atoms with Gasteiger partial charge in [0.1, 0.15) is 0 Å². The SMILES string of the molecule is COc1cc([N+](=O)[O-])c(N)c([N+](=O)[O-])c1O. The number of hydrogen-bond donors (Lipinski definition) is 2. The van der Waals surface area contributed by atoms with Gasteiger partial charge in [-0.15, -0.1) is 0 Å². The molecule has 0 unspecified atom stereocenters. The Hall–Kier alpha value is -2.58. The smallest absolute Gasteiger partial charge is 0.344 e. The molecule has 0 atom stereocenters. The maximum absolute atomic E-state index is 10.6. The molecule has 16 heavy (non-hydrogen) atoms. The molecule has 0 heterocycles. The highest BCUT2D eigenvalue weighted by molar-refractivity contribution is 5.79. The van der Waals surface area contributed by atoms with E-state index in [1.165, 1.54) is 0 Å². The minimum Gasteiger partial charge on any atom is -0.499 e. The third-order valence-corrected chi connectivity index (χ3v) is 1.86. The van der Waals surface area contributed by atoms with E-state index < -0.39 is 32.7 Å². The summed E-state index contributed by atoms with van der Waals surface area (Å²) in [7, 11) is 1.11. The van der Waals surface area contributed by atoms with E-state index in [9.17, 15) is 25.3 Å². The number of nitrogen functional groups attached to an aromatic ring is 1. The van der Waals surface area contributed by atoms with E-state index in [2.05, 4.69) is 4.74 Å². The summed E-state index contributed by atoms with van der Waals surface area (Å²) in [5.41, 5.74) is 2.86. The van der Waals surface area contributed by atoms with Crippen LogP contribution in [-0.4, -0.2) is 22.1 Å². The van der Waals surface area contributed by atoms with Crippen molar-refractivity contribution < 1.29 is 19.7 Å². The van der Waals surface area contributed by atoms with Crippen LogP contribution in [0.1, 0.15) is 0 Å². The Morgan fingerprint density at radius 2 is 1.94 bits per heavy atom. The average Bonchev–Trinajstić information content (AvgIpc) is 2.16. The lowest BCUT2D eigenvalue weighted by molar-refractivity contribution is -0.393. The number of nitrogens with zero attached hydrogens (tertiary/aromatic N) is 2. The Morgan fingerprint density at radius 3 is 2.31 bits per heavy atom. The van der Waals surface area contributed by atoms with Gasteiger partial charge in [0.2, 0.25) is 5.75 Å². The van der Waals surface area contributed by atoms with Crippen LogP contribution in [0.2, 0.25) is 0 Å². The molecule has 0 amide bonds.